The van der Waals surface area contributed by atoms with Gasteiger partial charge in [-0.25, -0.2) is 0 Å². The maximum atomic E-state index is 3.50. The van der Waals surface area contributed by atoms with Crippen LogP contribution in [0.2, 0.25) is 0 Å². The molecule has 0 radical (unpaired) electrons. The second-order valence-electron chi connectivity index (χ2n) is 6.34. The van der Waals surface area contributed by atoms with Crippen LogP contribution in [0.1, 0.15) is 48.9 Å². The number of likely N-dealkylation sites (N-methyl/N-ethyl adjacent to an activating group) is 1. The average Bonchev–Trinajstić information content (AvgIpc) is 2.48. The highest BCUT2D eigenvalue weighted by atomic mass is 15.1. The van der Waals surface area contributed by atoms with Crippen molar-refractivity contribution in [3.05, 3.63) is 34.9 Å². The number of piperidine rings is 1. The van der Waals surface area contributed by atoms with Crippen molar-refractivity contribution in [3.63, 3.8) is 0 Å². The van der Waals surface area contributed by atoms with Crippen molar-refractivity contribution in [2.45, 2.75) is 46.1 Å². The van der Waals surface area contributed by atoms with Crippen LogP contribution < -0.4 is 5.32 Å². The van der Waals surface area contributed by atoms with E-state index in [1.54, 1.807) is 0 Å². The van der Waals surface area contributed by atoms with E-state index >= 15 is 0 Å². The standard InChI is InChI=1S/C18H30N2/c1-5-16-8-10-20(11-9-16)13-18(19-4)17-7-6-14(2)15(3)12-17/h6-7,12,16,18-19H,5,8-11,13H2,1-4H3. The van der Waals surface area contributed by atoms with Crippen LogP contribution in [0.5, 0.6) is 0 Å². The summed E-state index contributed by atoms with van der Waals surface area (Å²) in [6, 6.07) is 7.32. The molecule has 112 valence electrons. The summed E-state index contributed by atoms with van der Waals surface area (Å²) < 4.78 is 0. The van der Waals surface area contributed by atoms with Crippen LogP contribution in [-0.2, 0) is 0 Å². The highest BCUT2D eigenvalue weighted by molar-refractivity contribution is 5.31. The summed E-state index contributed by atoms with van der Waals surface area (Å²) in [5.41, 5.74) is 4.20. The zero-order chi connectivity index (χ0) is 14.5. The topological polar surface area (TPSA) is 15.3 Å². The Kier molecular flexibility index (Phi) is 5.62. The summed E-state index contributed by atoms with van der Waals surface area (Å²) in [5, 5.41) is 3.50. The van der Waals surface area contributed by atoms with E-state index in [2.05, 4.69) is 56.2 Å². The number of hydrogen-bond acceptors (Lipinski definition) is 2. The van der Waals surface area contributed by atoms with E-state index in [1.165, 1.54) is 49.0 Å². The Hall–Kier alpha value is -0.860. The van der Waals surface area contributed by atoms with Gasteiger partial charge in [-0.2, -0.15) is 0 Å². The van der Waals surface area contributed by atoms with E-state index in [1.807, 2.05) is 0 Å². The Morgan fingerprint density at radius 3 is 2.45 bits per heavy atom. The predicted octanol–water partition coefficient (Wildman–Crippen LogP) is 3.69. The van der Waals surface area contributed by atoms with Gasteiger partial charge in [-0.05, 0) is 69.4 Å². The summed E-state index contributed by atoms with van der Waals surface area (Å²) in [6.07, 6.45) is 4.10. The van der Waals surface area contributed by atoms with Crippen molar-refractivity contribution in [1.82, 2.24) is 10.2 Å². The third-order valence-corrected chi connectivity index (χ3v) is 5.01. The molecule has 2 nitrogen and oxygen atoms in total. The SMILES string of the molecule is CCC1CCN(CC(NC)c2ccc(C)c(C)c2)CC1. The van der Waals surface area contributed by atoms with Crippen molar-refractivity contribution in [2.75, 3.05) is 26.7 Å². The van der Waals surface area contributed by atoms with Gasteiger partial charge in [0.25, 0.3) is 0 Å². The quantitative estimate of drug-likeness (QED) is 0.881. The van der Waals surface area contributed by atoms with Gasteiger partial charge in [-0.15, -0.1) is 0 Å². The van der Waals surface area contributed by atoms with Gasteiger partial charge in [-0.3, -0.25) is 0 Å². The van der Waals surface area contributed by atoms with Gasteiger partial charge in [-0.1, -0.05) is 31.5 Å². The molecule has 1 N–H and O–H groups in total. The summed E-state index contributed by atoms with van der Waals surface area (Å²) in [5.74, 6) is 0.959. The highest BCUT2D eigenvalue weighted by Crippen LogP contribution is 2.23. The molecule has 2 heteroatoms. The fourth-order valence-electron chi connectivity index (χ4n) is 3.18. The van der Waals surface area contributed by atoms with E-state index < -0.39 is 0 Å². The van der Waals surface area contributed by atoms with Crippen LogP contribution in [0.25, 0.3) is 0 Å². The first kappa shape index (κ1) is 15.5. The molecular formula is C18H30N2. The van der Waals surface area contributed by atoms with Gasteiger partial charge in [0.05, 0.1) is 0 Å². The molecule has 1 aliphatic heterocycles. The van der Waals surface area contributed by atoms with Gasteiger partial charge in [0.1, 0.15) is 0 Å². The minimum absolute atomic E-state index is 0.451. The number of nitrogens with one attached hydrogen (secondary N) is 1. The largest absolute Gasteiger partial charge is 0.312 e. The lowest BCUT2D eigenvalue weighted by molar-refractivity contribution is 0.168. The van der Waals surface area contributed by atoms with Crippen molar-refractivity contribution < 1.29 is 0 Å². The predicted molar refractivity (Wildman–Crippen MR) is 87.2 cm³/mol. The lowest BCUT2D eigenvalue weighted by Crippen LogP contribution is -2.39. The van der Waals surface area contributed by atoms with E-state index in [0.29, 0.717) is 6.04 Å². The monoisotopic (exact) mass is 274 g/mol. The first-order chi connectivity index (χ1) is 9.63. The zero-order valence-corrected chi connectivity index (χ0v) is 13.6. The molecule has 1 unspecified atom stereocenters. The summed E-state index contributed by atoms with van der Waals surface area (Å²) >= 11 is 0. The fourth-order valence-corrected chi connectivity index (χ4v) is 3.18. The Balaban J connectivity index is 1.97. The van der Waals surface area contributed by atoms with Crippen molar-refractivity contribution in [1.29, 1.82) is 0 Å². The van der Waals surface area contributed by atoms with E-state index in [9.17, 15) is 0 Å². The lowest BCUT2D eigenvalue weighted by Gasteiger charge is -2.34. The van der Waals surface area contributed by atoms with E-state index in [-0.39, 0.29) is 0 Å². The highest BCUT2D eigenvalue weighted by Gasteiger charge is 2.20. The minimum Gasteiger partial charge on any atom is -0.312 e. The number of rotatable bonds is 5. The van der Waals surface area contributed by atoms with Gasteiger partial charge in [0, 0.05) is 12.6 Å². The molecule has 2 rings (SSSR count). The van der Waals surface area contributed by atoms with Crippen LogP contribution in [0, 0.1) is 19.8 Å². The van der Waals surface area contributed by atoms with Crippen molar-refractivity contribution >= 4 is 0 Å². The number of aryl methyl sites for hydroxylation is 2. The molecule has 1 saturated heterocycles. The smallest absolute Gasteiger partial charge is 0.0446 e. The molecule has 0 aliphatic carbocycles. The van der Waals surface area contributed by atoms with Crippen LogP contribution in [0.3, 0.4) is 0 Å². The molecule has 20 heavy (non-hydrogen) atoms. The second-order valence-corrected chi connectivity index (χ2v) is 6.34. The van der Waals surface area contributed by atoms with Crippen LogP contribution in [-0.4, -0.2) is 31.6 Å². The van der Waals surface area contributed by atoms with Crippen molar-refractivity contribution in [2.24, 2.45) is 5.92 Å². The third-order valence-electron chi connectivity index (χ3n) is 5.01. The molecule has 0 amide bonds. The first-order valence-corrected chi connectivity index (χ1v) is 8.10. The summed E-state index contributed by atoms with van der Waals surface area (Å²) in [4.78, 5) is 2.63. The Morgan fingerprint density at radius 1 is 1.20 bits per heavy atom. The minimum atomic E-state index is 0.451. The van der Waals surface area contributed by atoms with E-state index in [4.69, 9.17) is 0 Å². The summed E-state index contributed by atoms with van der Waals surface area (Å²) in [7, 11) is 2.08. The van der Waals surface area contributed by atoms with Crippen LogP contribution in [0.15, 0.2) is 18.2 Å². The molecule has 1 aliphatic rings. The molecule has 0 bridgehead atoms. The zero-order valence-electron chi connectivity index (χ0n) is 13.6. The maximum absolute atomic E-state index is 3.50. The third kappa shape index (κ3) is 3.83. The number of nitrogens with zero attached hydrogens (tertiary/aromatic N) is 1. The van der Waals surface area contributed by atoms with Gasteiger partial charge in [0.15, 0.2) is 0 Å². The van der Waals surface area contributed by atoms with Gasteiger partial charge < -0.3 is 10.2 Å². The van der Waals surface area contributed by atoms with Gasteiger partial charge in [0.2, 0.25) is 0 Å². The van der Waals surface area contributed by atoms with Crippen molar-refractivity contribution in [3.8, 4) is 0 Å². The number of likely N-dealkylation sites (tertiary alicyclic amines) is 1. The van der Waals surface area contributed by atoms with Crippen LogP contribution >= 0.6 is 0 Å². The van der Waals surface area contributed by atoms with E-state index in [0.717, 1.165) is 12.5 Å². The molecule has 1 atom stereocenters. The normalized spacial score (nSPS) is 19.2. The lowest BCUT2D eigenvalue weighted by atomic mass is 9.93. The fraction of sp³-hybridized carbons (Fsp3) is 0.667. The molecule has 0 aromatic heterocycles. The molecule has 1 fully saturated rings. The first-order valence-electron chi connectivity index (χ1n) is 8.10. The number of hydrogen-bond donors (Lipinski definition) is 1. The Bertz CT molecular complexity index is 419. The molecule has 1 heterocycles. The maximum Gasteiger partial charge on any atom is 0.0446 e. The molecular weight excluding hydrogens is 244 g/mol. The molecule has 0 spiro atoms. The molecule has 1 aromatic rings. The molecule has 1 aromatic carbocycles. The second kappa shape index (κ2) is 7.24. The van der Waals surface area contributed by atoms with Gasteiger partial charge >= 0.3 is 0 Å². The van der Waals surface area contributed by atoms with Crippen LogP contribution in [0.4, 0.5) is 0 Å². The number of benzene rings is 1. The summed E-state index contributed by atoms with van der Waals surface area (Å²) in [6.45, 7) is 10.4. The molecule has 0 saturated carbocycles. The average molecular weight is 274 g/mol. The Morgan fingerprint density at radius 2 is 1.90 bits per heavy atom. The Labute approximate surface area is 124 Å².